The van der Waals surface area contributed by atoms with Gasteiger partial charge in [-0.15, -0.1) is 0 Å². The number of hydrogen-bond donors (Lipinski definition) is 0. The van der Waals surface area contributed by atoms with Crippen LogP contribution in [0, 0.1) is 0 Å². The zero-order valence-electron chi connectivity index (χ0n) is 19.4. The van der Waals surface area contributed by atoms with E-state index >= 15 is 0 Å². The number of aryl methyl sites for hydroxylation is 1. The SMILES string of the molecule is O=C(c1cccc(OCCCc2ccccn2)c1)N1CCN(Cc2ccc(C(F)(F)F)cc2)CC1. The van der Waals surface area contributed by atoms with E-state index in [0.717, 1.165) is 36.2 Å². The minimum absolute atomic E-state index is 0.0434. The van der Waals surface area contributed by atoms with E-state index in [-0.39, 0.29) is 5.91 Å². The van der Waals surface area contributed by atoms with E-state index in [2.05, 4.69) is 9.88 Å². The fraction of sp³-hybridized carbons (Fsp3) is 0.333. The summed E-state index contributed by atoms with van der Waals surface area (Å²) in [6.07, 6.45) is -0.890. The summed E-state index contributed by atoms with van der Waals surface area (Å²) in [6.45, 7) is 3.55. The minimum atomic E-state index is -4.33. The summed E-state index contributed by atoms with van der Waals surface area (Å²) in [5, 5.41) is 0. The van der Waals surface area contributed by atoms with Crippen LogP contribution in [-0.4, -0.2) is 53.5 Å². The molecule has 0 spiro atoms. The van der Waals surface area contributed by atoms with Crippen molar-refractivity contribution >= 4 is 5.91 Å². The van der Waals surface area contributed by atoms with E-state index in [4.69, 9.17) is 4.74 Å². The Balaban J connectivity index is 1.23. The first-order valence-electron chi connectivity index (χ1n) is 11.7. The highest BCUT2D eigenvalue weighted by Gasteiger charge is 2.30. The van der Waals surface area contributed by atoms with Gasteiger partial charge in [0.1, 0.15) is 5.75 Å². The highest BCUT2D eigenvalue weighted by Crippen LogP contribution is 2.29. The third-order valence-electron chi connectivity index (χ3n) is 6.00. The first-order valence-corrected chi connectivity index (χ1v) is 11.7. The second-order valence-corrected chi connectivity index (χ2v) is 8.56. The molecule has 1 aliphatic heterocycles. The predicted octanol–water partition coefficient (Wildman–Crippen LogP) is 5.07. The number of carbonyl (C=O) groups excluding carboxylic acids is 1. The summed E-state index contributed by atoms with van der Waals surface area (Å²) in [6, 6.07) is 18.3. The van der Waals surface area contributed by atoms with E-state index < -0.39 is 11.7 Å². The first-order chi connectivity index (χ1) is 16.9. The molecule has 184 valence electrons. The number of carbonyl (C=O) groups is 1. The average Bonchev–Trinajstić information content (AvgIpc) is 2.87. The molecule has 2 heterocycles. The van der Waals surface area contributed by atoms with Crippen LogP contribution < -0.4 is 4.74 Å². The van der Waals surface area contributed by atoms with Gasteiger partial charge in [-0.1, -0.05) is 24.3 Å². The lowest BCUT2D eigenvalue weighted by Gasteiger charge is -2.34. The summed E-state index contributed by atoms with van der Waals surface area (Å²) in [7, 11) is 0. The van der Waals surface area contributed by atoms with Crippen molar-refractivity contribution in [3.8, 4) is 5.75 Å². The molecule has 0 bridgehead atoms. The second-order valence-electron chi connectivity index (χ2n) is 8.56. The molecule has 8 heteroatoms. The van der Waals surface area contributed by atoms with Gasteiger partial charge in [-0.2, -0.15) is 13.2 Å². The lowest BCUT2D eigenvalue weighted by Crippen LogP contribution is -2.48. The lowest BCUT2D eigenvalue weighted by atomic mass is 10.1. The number of aromatic nitrogens is 1. The molecule has 2 aromatic carbocycles. The number of nitrogens with zero attached hydrogens (tertiary/aromatic N) is 3. The lowest BCUT2D eigenvalue weighted by molar-refractivity contribution is -0.137. The molecule has 0 aliphatic carbocycles. The number of hydrogen-bond acceptors (Lipinski definition) is 4. The molecule has 35 heavy (non-hydrogen) atoms. The van der Waals surface area contributed by atoms with Crippen molar-refractivity contribution in [1.82, 2.24) is 14.8 Å². The van der Waals surface area contributed by atoms with Crippen molar-refractivity contribution in [2.24, 2.45) is 0 Å². The van der Waals surface area contributed by atoms with Crippen LogP contribution in [-0.2, 0) is 19.1 Å². The molecule has 0 unspecified atom stereocenters. The fourth-order valence-corrected chi connectivity index (χ4v) is 4.06. The van der Waals surface area contributed by atoms with Crippen LogP contribution in [0.4, 0.5) is 13.2 Å². The number of rotatable bonds is 8. The summed E-state index contributed by atoms with van der Waals surface area (Å²) >= 11 is 0. The van der Waals surface area contributed by atoms with Crippen LogP contribution >= 0.6 is 0 Å². The van der Waals surface area contributed by atoms with Crippen LogP contribution in [0.5, 0.6) is 5.75 Å². The van der Waals surface area contributed by atoms with Gasteiger partial charge in [0, 0.05) is 50.2 Å². The molecule has 0 atom stereocenters. The van der Waals surface area contributed by atoms with Gasteiger partial charge >= 0.3 is 6.18 Å². The van der Waals surface area contributed by atoms with Crippen molar-refractivity contribution in [2.45, 2.75) is 25.6 Å². The molecule has 1 aromatic heterocycles. The monoisotopic (exact) mass is 483 g/mol. The number of amides is 1. The number of benzene rings is 2. The van der Waals surface area contributed by atoms with E-state index in [0.29, 0.717) is 50.6 Å². The molecule has 1 saturated heterocycles. The molecule has 1 fully saturated rings. The molecule has 3 aromatic rings. The van der Waals surface area contributed by atoms with Gasteiger partial charge in [0.15, 0.2) is 0 Å². The van der Waals surface area contributed by atoms with Crippen LogP contribution in [0.25, 0.3) is 0 Å². The van der Waals surface area contributed by atoms with E-state index in [1.165, 1.54) is 12.1 Å². The molecule has 1 amide bonds. The summed E-state index contributed by atoms with van der Waals surface area (Å²) < 4.78 is 44.1. The number of alkyl halides is 3. The topological polar surface area (TPSA) is 45.7 Å². The Morgan fingerprint density at radius 1 is 0.943 bits per heavy atom. The Kier molecular flexibility index (Phi) is 8.02. The second kappa shape index (κ2) is 11.4. The van der Waals surface area contributed by atoms with Crippen LogP contribution in [0.3, 0.4) is 0 Å². The summed E-state index contributed by atoms with van der Waals surface area (Å²) in [5.41, 5.74) is 1.79. The van der Waals surface area contributed by atoms with Gasteiger partial charge in [-0.25, -0.2) is 0 Å². The Labute approximate surface area is 203 Å². The molecule has 5 nitrogen and oxygen atoms in total. The van der Waals surface area contributed by atoms with Gasteiger partial charge in [-0.05, 0) is 60.9 Å². The van der Waals surface area contributed by atoms with E-state index in [1.807, 2.05) is 35.2 Å². The number of pyridine rings is 1. The number of halogens is 3. The van der Waals surface area contributed by atoms with Crippen LogP contribution in [0.15, 0.2) is 72.9 Å². The Morgan fingerprint density at radius 2 is 1.71 bits per heavy atom. The standard InChI is InChI=1S/C27H28F3N3O2/c28-27(29,30)23-11-9-21(10-12-23)20-32-14-16-33(17-15-32)26(34)22-5-3-8-25(19-22)35-18-4-7-24-6-1-2-13-31-24/h1-3,5-6,8-13,19H,4,7,14-18,20H2. The fourth-order valence-electron chi connectivity index (χ4n) is 4.06. The minimum Gasteiger partial charge on any atom is -0.494 e. The van der Waals surface area contributed by atoms with Crippen molar-refractivity contribution in [3.05, 3.63) is 95.3 Å². The third kappa shape index (κ3) is 7.05. The number of ether oxygens (including phenoxy) is 1. The largest absolute Gasteiger partial charge is 0.494 e. The van der Waals surface area contributed by atoms with Crippen molar-refractivity contribution in [1.29, 1.82) is 0 Å². The Bertz CT molecular complexity index is 1100. The maximum Gasteiger partial charge on any atom is 0.416 e. The zero-order valence-corrected chi connectivity index (χ0v) is 19.4. The van der Waals surface area contributed by atoms with Crippen molar-refractivity contribution in [3.63, 3.8) is 0 Å². The van der Waals surface area contributed by atoms with Gasteiger partial charge < -0.3 is 9.64 Å². The predicted molar refractivity (Wildman–Crippen MR) is 127 cm³/mol. The molecule has 0 N–H and O–H groups in total. The van der Waals surface area contributed by atoms with Crippen LogP contribution in [0.1, 0.15) is 33.6 Å². The van der Waals surface area contributed by atoms with Crippen molar-refractivity contribution < 1.29 is 22.7 Å². The van der Waals surface area contributed by atoms with Gasteiger partial charge in [0.2, 0.25) is 0 Å². The quantitative estimate of drug-likeness (QED) is 0.420. The maximum atomic E-state index is 13.0. The third-order valence-corrected chi connectivity index (χ3v) is 6.00. The van der Waals surface area contributed by atoms with Crippen LogP contribution in [0.2, 0.25) is 0 Å². The van der Waals surface area contributed by atoms with Gasteiger partial charge in [0.25, 0.3) is 5.91 Å². The van der Waals surface area contributed by atoms with E-state index in [1.54, 1.807) is 18.3 Å². The molecule has 4 rings (SSSR count). The summed E-state index contributed by atoms with van der Waals surface area (Å²) in [4.78, 5) is 21.3. The zero-order chi connectivity index (χ0) is 24.7. The smallest absolute Gasteiger partial charge is 0.416 e. The maximum absolute atomic E-state index is 13.0. The van der Waals surface area contributed by atoms with E-state index in [9.17, 15) is 18.0 Å². The van der Waals surface area contributed by atoms with Gasteiger partial charge in [0.05, 0.1) is 12.2 Å². The molecule has 1 aliphatic rings. The highest BCUT2D eigenvalue weighted by molar-refractivity contribution is 5.94. The van der Waals surface area contributed by atoms with Crippen molar-refractivity contribution in [2.75, 3.05) is 32.8 Å². The molecule has 0 saturated carbocycles. The highest BCUT2D eigenvalue weighted by atomic mass is 19.4. The normalized spacial score (nSPS) is 14.7. The molecular formula is C27H28F3N3O2. The summed E-state index contributed by atoms with van der Waals surface area (Å²) in [5.74, 6) is 0.621. The Hall–Kier alpha value is -3.39. The molecule has 0 radical (unpaired) electrons. The Morgan fingerprint density at radius 3 is 2.40 bits per heavy atom. The molecular weight excluding hydrogens is 455 g/mol. The number of piperazine rings is 1. The van der Waals surface area contributed by atoms with Gasteiger partial charge in [-0.3, -0.25) is 14.7 Å². The average molecular weight is 484 g/mol. The first kappa shape index (κ1) is 24.7.